The van der Waals surface area contributed by atoms with E-state index in [2.05, 4.69) is 20.9 Å². The Balaban J connectivity index is 1.41. The minimum atomic E-state index is 0.669. The maximum Gasteiger partial charge on any atom is 0.146 e. The third kappa shape index (κ3) is 3.14. The Morgan fingerprint density at radius 2 is 2.12 bits per heavy atom. The lowest BCUT2D eigenvalue weighted by atomic mass is 10.2. The van der Waals surface area contributed by atoms with Gasteiger partial charge in [0.2, 0.25) is 0 Å². The third-order valence-corrected chi connectivity index (χ3v) is 5.94. The van der Waals surface area contributed by atoms with E-state index in [1.54, 1.807) is 6.20 Å². The number of aryl methyl sites for hydroxylation is 2. The fourth-order valence-electron chi connectivity index (χ4n) is 3.58. The third-order valence-electron chi connectivity index (χ3n) is 4.79. The molecule has 0 bridgehead atoms. The van der Waals surface area contributed by atoms with Crippen molar-refractivity contribution in [2.75, 3.05) is 31.1 Å². The number of fused-ring (bicyclic) bond motifs is 1. The molecule has 1 aliphatic carbocycles. The summed E-state index contributed by atoms with van der Waals surface area (Å²) in [5, 5.41) is 10.6. The molecular weight excluding hydrogens is 318 g/mol. The summed E-state index contributed by atoms with van der Waals surface area (Å²) in [5.41, 5.74) is 2.01. The van der Waals surface area contributed by atoms with Crippen LogP contribution in [0.5, 0.6) is 0 Å². The van der Waals surface area contributed by atoms with Crippen LogP contribution in [0.3, 0.4) is 0 Å². The van der Waals surface area contributed by atoms with Crippen molar-refractivity contribution in [3.63, 3.8) is 0 Å². The number of nitriles is 1. The summed E-state index contributed by atoms with van der Waals surface area (Å²) in [4.78, 5) is 15.5. The van der Waals surface area contributed by atoms with Crippen LogP contribution >= 0.6 is 11.3 Å². The van der Waals surface area contributed by atoms with Crippen LogP contribution in [0.15, 0.2) is 18.3 Å². The molecule has 0 aromatic carbocycles. The lowest BCUT2D eigenvalue weighted by Crippen LogP contribution is -2.31. The molecule has 0 N–H and O–H groups in total. The minimum absolute atomic E-state index is 0.669. The number of anilines is 1. The highest BCUT2D eigenvalue weighted by Crippen LogP contribution is 2.28. The summed E-state index contributed by atoms with van der Waals surface area (Å²) in [5.74, 6) is 0.829. The lowest BCUT2D eigenvalue weighted by molar-refractivity contribution is 0.285. The van der Waals surface area contributed by atoms with Gasteiger partial charge in [0.25, 0.3) is 0 Å². The molecule has 124 valence electrons. The van der Waals surface area contributed by atoms with Gasteiger partial charge in [-0.15, -0.1) is 11.3 Å². The average Bonchev–Trinajstić information content (AvgIpc) is 3.10. The summed E-state index contributed by atoms with van der Waals surface area (Å²) >= 11 is 1.90. The number of hydrogen-bond donors (Lipinski definition) is 0. The van der Waals surface area contributed by atoms with Crippen molar-refractivity contribution in [1.29, 1.82) is 5.26 Å². The van der Waals surface area contributed by atoms with Gasteiger partial charge in [0, 0.05) is 37.3 Å². The summed E-state index contributed by atoms with van der Waals surface area (Å²) in [6.45, 7) is 4.90. The van der Waals surface area contributed by atoms with Gasteiger partial charge in [-0.25, -0.2) is 9.97 Å². The molecule has 0 saturated carbocycles. The Kier molecular flexibility index (Phi) is 4.46. The second kappa shape index (κ2) is 6.88. The van der Waals surface area contributed by atoms with Crippen LogP contribution in [0.4, 0.5) is 5.82 Å². The molecular formula is C18H21N5S. The van der Waals surface area contributed by atoms with Crippen LogP contribution in [0.1, 0.15) is 34.0 Å². The van der Waals surface area contributed by atoms with Crippen molar-refractivity contribution in [1.82, 2.24) is 14.9 Å². The van der Waals surface area contributed by atoms with E-state index in [0.29, 0.717) is 5.56 Å². The SMILES string of the molecule is N#Cc1cccnc1N1CCCN(Cc2nc3c(s2)CCC3)CC1. The first kappa shape index (κ1) is 15.6. The summed E-state index contributed by atoms with van der Waals surface area (Å²) < 4.78 is 0. The second-order valence-electron chi connectivity index (χ2n) is 6.43. The van der Waals surface area contributed by atoms with Gasteiger partial charge >= 0.3 is 0 Å². The Morgan fingerprint density at radius 1 is 1.17 bits per heavy atom. The zero-order valence-electron chi connectivity index (χ0n) is 13.7. The molecule has 0 radical (unpaired) electrons. The van der Waals surface area contributed by atoms with Gasteiger partial charge in [-0.05, 0) is 37.8 Å². The molecule has 0 spiro atoms. The largest absolute Gasteiger partial charge is 0.354 e. The highest BCUT2D eigenvalue weighted by Gasteiger charge is 2.21. The van der Waals surface area contributed by atoms with E-state index in [9.17, 15) is 5.26 Å². The van der Waals surface area contributed by atoms with Crippen molar-refractivity contribution in [2.45, 2.75) is 32.2 Å². The number of hydrogen-bond acceptors (Lipinski definition) is 6. The lowest BCUT2D eigenvalue weighted by Gasteiger charge is -2.23. The number of aromatic nitrogens is 2. The van der Waals surface area contributed by atoms with Gasteiger partial charge < -0.3 is 4.90 Å². The smallest absolute Gasteiger partial charge is 0.146 e. The van der Waals surface area contributed by atoms with E-state index in [0.717, 1.165) is 51.4 Å². The molecule has 0 amide bonds. The molecule has 6 heteroatoms. The van der Waals surface area contributed by atoms with Gasteiger partial charge in [0.15, 0.2) is 0 Å². The monoisotopic (exact) mass is 339 g/mol. The molecule has 0 unspecified atom stereocenters. The van der Waals surface area contributed by atoms with Crippen molar-refractivity contribution in [2.24, 2.45) is 0 Å². The predicted octanol–water partition coefficient (Wildman–Crippen LogP) is 2.61. The predicted molar refractivity (Wildman–Crippen MR) is 95.2 cm³/mol. The summed E-state index contributed by atoms with van der Waals surface area (Å²) in [6.07, 6.45) is 6.52. The molecule has 1 aliphatic heterocycles. The topological polar surface area (TPSA) is 56.1 Å². The van der Waals surface area contributed by atoms with Crippen LogP contribution in [-0.2, 0) is 19.4 Å². The highest BCUT2D eigenvalue weighted by atomic mass is 32.1. The molecule has 0 atom stereocenters. The minimum Gasteiger partial charge on any atom is -0.354 e. The van der Waals surface area contributed by atoms with Gasteiger partial charge in [0.1, 0.15) is 16.9 Å². The Bertz CT molecular complexity index is 742. The number of nitrogens with zero attached hydrogens (tertiary/aromatic N) is 5. The van der Waals surface area contributed by atoms with E-state index < -0.39 is 0 Å². The maximum absolute atomic E-state index is 9.29. The maximum atomic E-state index is 9.29. The second-order valence-corrected chi connectivity index (χ2v) is 7.60. The van der Waals surface area contributed by atoms with Gasteiger partial charge in [-0.1, -0.05) is 0 Å². The van der Waals surface area contributed by atoms with Crippen LogP contribution in [0, 0.1) is 11.3 Å². The summed E-state index contributed by atoms with van der Waals surface area (Å²) in [6, 6.07) is 5.94. The standard InChI is InChI=1S/C18H21N5S/c19-12-14-4-2-7-20-18(14)23-9-3-8-22(10-11-23)13-17-21-15-5-1-6-16(15)24-17/h2,4,7H,1,3,5-6,8-11,13H2. The molecule has 2 aromatic rings. The van der Waals surface area contributed by atoms with E-state index in [-0.39, 0.29) is 0 Å². The zero-order valence-corrected chi connectivity index (χ0v) is 14.6. The fraction of sp³-hybridized carbons (Fsp3) is 0.500. The molecule has 2 aliphatic rings. The summed E-state index contributed by atoms with van der Waals surface area (Å²) in [7, 11) is 0. The first-order chi connectivity index (χ1) is 11.8. The molecule has 1 saturated heterocycles. The van der Waals surface area contributed by atoms with Crippen molar-refractivity contribution in [3.8, 4) is 6.07 Å². The van der Waals surface area contributed by atoms with Gasteiger partial charge in [0.05, 0.1) is 17.8 Å². The zero-order chi connectivity index (χ0) is 16.4. The quantitative estimate of drug-likeness (QED) is 0.860. The number of rotatable bonds is 3. The van der Waals surface area contributed by atoms with Crippen LogP contribution in [0.2, 0.25) is 0 Å². The van der Waals surface area contributed by atoms with E-state index >= 15 is 0 Å². The molecule has 3 heterocycles. The van der Waals surface area contributed by atoms with Crippen LogP contribution in [-0.4, -0.2) is 41.0 Å². The van der Waals surface area contributed by atoms with E-state index in [1.165, 1.54) is 28.4 Å². The van der Waals surface area contributed by atoms with Crippen LogP contribution < -0.4 is 4.90 Å². The Morgan fingerprint density at radius 3 is 3.00 bits per heavy atom. The van der Waals surface area contributed by atoms with Gasteiger partial charge in [-0.2, -0.15) is 5.26 Å². The first-order valence-electron chi connectivity index (χ1n) is 8.63. The average molecular weight is 339 g/mol. The van der Waals surface area contributed by atoms with E-state index in [4.69, 9.17) is 4.98 Å². The Labute approximate surface area is 146 Å². The molecule has 5 nitrogen and oxygen atoms in total. The number of pyridine rings is 1. The molecule has 2 aromatic heterocycles. The van der Waals surface area contributed by atoms with Crippen molar-refractivity contribution < 1.29 is 0 Å². The Hall–Kier alpha value is -1.97. The molecule has 1 fully saturated rings. The van der Waals surface area contributed by atoms with E-state index in [1.807, 2.05) is 23.5 Å². The van der Waals surface area contributed by atoms with Gasteiger partial charge in [-0.3, -0.25) is 4.90 Å². The molecule has 24 heavy (non-hydrogen) atoms. The normalized spacial score (nSPS) is 18.2. The number of thiazole rings is 1. The van der Waals surface area contributed by atoms with Crippen LogP contribution in [0.25, 0.3) is 0 Å². The van der Waals surface area contributed by atoms with Crippen molar-refractivity contribution >= 4 is 17.2 Å². The molecule has 4 rings (SSSR count). The van der Waals surface area contributed by atoms with Crippen molar-refractivity contribution in [3.05, 3.63) is 39.5 Å². The first-order valence-corrected chi connectivity index (χ1v) is 9.45. The fourth-order valence-corrected chi connectivity index (χ4v) is 4.78. The highest BCUT2D eigenvalue weighted by molar-refractivity contribution is 7.11.